The maximum Gasteiger partial charge on any atom is 0.242 e. The van der Waals surface area contributed by atoms with E-state index in [1.807, 2.05) is 30.3 Å². The van der Waals surface area contributed by atoms with Crippen molar-refractivity contribution in [1.29, 1.82) is 0 Å². The van der Waals surface area contributed by atoms with E-state index in [0.29, 0.717) is 10.0 Å². The first kappa shape index (κ1) is 15.6. The van der Waals surface area contributed by atoms with E-state index in [1.54, 1.807) is 5.51 Å². The Bertz CT molecular complexity index is 764. The van der Waals surface area contributed by atoms with Crippen LogP contribution in [0, 0.1) is 5.82 Å². The molecule has 4 nitrogen and oxygen atoms in total. The zero-order valence-electron chi connectivity index (χ0n) is 11.8. The topological polar surface area (TPSA) is 54.9 Å². The highest BCUT2D eigenvalue weighted by Crippen LogP contribution is 2.36. The summed E-state index contributed by atoms with van der Waals surface area (Å²) in [5.41, 5.74) is 3.05. The lowest BCUT2D eigenvalue weighted by Gasteiger charge is -2.15. The van der Waals surface area contributed by atoms with Gasteiger partial charge in [0.05, 0.1) is 0 Å². The summed E-state index contributed by atoms with van der Waals surface area (Å²) in [6.45, 7) is 0. The fourth-order valence-corrected chi connectivity index (χ4v) is 3.63. The molecule has 0 saturated carbocycles. The van der Waals surface area contributed by atoms with Crippen LogP contribution in [-0.2, 0) is 4.79 Å². The summed E-state index contributed by atoms with van der Waals surface area (Å²) in [7, 11) is 0. The molecule has 1 aromatic heterocycles. The lowest BCUT2D eigenvalue weighted by atomic mass is 10.1. The molecule has 3 aromatic rings. The Kier molecular flexibility index (Phi) is 4.99. The van der Waals surface area contributed by atoms with Gasteiger partial charge in [-0.15, -0.1) is 10.2 Å². The second-order valence-corrected chi connectivity index (χ2v) is 6.79. The monoisotopic (exact) mass is 345 g/mol. The van der Waals surface area contributed by atoms with E-state index in [-0.39, 0.29) is 11.7 Å². The molecule has 0 spiro atoms. The first-order valence-electron chi connectivity index (χ1n) is 6.76. The van der Waals surface area contributed by atoms with E-state index >= 15 is 0 Å². The lowest BCUT2D eigenvalue weighted by Crippen LogP contribution is -2.19. The molecule has 0 aliphatic heterocycles. The second-order valence-electron chi connectivity index (χ2n) is 4.61. The van der Waals surface area contributed by atoms with Crippen molar-refractivity contribution in [2.24, 2.45) is 0 Å². The van der Waals surface area contributed by atoms with Crippen LogP contribution in [0.3, 0.4) is 0 Å². The largest absolute Gasteiger partial charge is 0.325 e. The number of thioether (sulfide) groups is 1. The van der Waals surface area contributed by atoms with Crippen LogP contribution < -0.4 is 5.32 Å². The Morgan fingerprint density at radius 3 is 2.52 bits per heavy atom. The van der Waals surface area contributed by atoms with Gasteiger partial charge in [-0.3, -0.25) is 4.79 Å². The molecule has 3 rings (SSSR count). The number of carbonyl (C=O) groups excluding carboxylic acids is 1. The second kappa shape index (κ2) is 7.34. The van der Waals surface area contributed by atoms with Crippen LogP contribution in [0.25, 0.3) is 0 Å². The van der Waals surface area contributed by atoms with Crippen LogP contribution >= 0.6 is 23.1 Å². The lowest BCUT2D eigenvalue weighted by molar-refractivity contribution is -0.115. The summed E-state index contributed by atoms with van der Waals surface area (Å²) < 4.78 is 13.7. The number of anilines is 1. The Morgan fingerprint density at radius 1 is 1.13 bits per heavy atom. The van der Waals surface area contributed by atoms with Crippen molar-refractivity contribution in [3.05, 3.63) is 71.5 Å². The van der Waals surface area contributed by atoms with Gasteiger partial charge in [0.1, 0.15) is 16.6 Å². The molecule has 0 saturated heterocycles. The minimum absolute atomic E-state index is 0.192. The van der Waals surface area contributed by atoms with Crippen molar-refractivity contribution in [1.82, 2.24) is 10.2 Å². The highest BCUT2D eigenvalue weighted by molar-refractivity contribution is 8.01. The molecule has 23 heavy (non-hydrogen) atoms. The number of rotatable bonds is 5. The molecule has 1 amide bonds. The minimum atomic E-state index is -0.464. The third-order valence-corrected chi connectivity index (χ3v) is 5.08. The highest BCUT2D eigenvalue weighted by Gasteiger charge is 2.23. The summed E-state index contributed by atoms with van der Waals surface area (Å²) in [6.07, 6.45) is 0. The SMILES string of the molecule is O=C(Nc1ccc(F)cc1)[C@H](Sc1nncs1)c1ccccc1. The predicted octanol–water partition coefficient (Wildman–Crippen LogP) is 4.15. The zero-order valence-corrected chi connectivity index (χ0v) is 13.5. The van der Waals surface area contributed by atoms with Crippen LogP contribution in [0.2, 0.25) is 0 Å². The van der Waals surface area contributed by atoms with Gasteiger partial charge in [0, 0.05) is 5.69 Å². The summed E-state index contributed by atoms with van der Waals surface area (Å²) in [5.74, 6) is -0.533. The number of hydrogen-bond acceptors (Lipinski definition) is 5. The first-order chi connectivity index (χ1) is 11.2. The quantitative estimate of drug-likeness (QED) is 0.706. The fourth-order valence-electron chi connectivity index (χ4n) is 1.96. The predicted molar refractivity (Wildman–Crippen MR) is 90.0 cm³/mol. The van der Waals surface area contributed by atoms with Gasteiger partial charge in [-0.2, -0.15) is 0 Å². The molecule has 0 fully saturated rings. The standard InChI is InChI=1S/C16H12FN3OS2/c17-12-6-8-13(9-7-12)19-15(21)14(11-4-2-1-3-5-11)23-16-20-18-10-22-16/h1-10,14H,(H,19,21)/t14-/m1/s1. The molecule has 2 aromatic carbocycles. The number of nitrogens with one attached hydrogen (secondary N) is 1. The van der Waals surface area contributed by atoms with Gasteiger partial charge in [-0.25, -0.2) is 4.39 Å². The zero-order chi connectivity index (χ0) is 16.1. The number of nitrogens with zero attached hydrogens (tertiary/aromatic N) is 2. The molecule has 0 unspecified atom stereocenters. The van der Waals surface area contributed by atoms with Crippen molar-refractivity contribution >= 4 is 34.7 Å². The highest BCUT2D eigenvalue weighted by atomic mass is 32.2. The van der Waals surface area contributed by atoms with Gasteiger partial charge in [-0.1, -0.05) is 53.4 Å². The van der Waals surface area contributed by atoms with Gasteiger partial charge < -0.3 is 5.32 Å². The van der Waals surface area contributed by atoms with Gasteiger partial charge in [-0.05, 0) is 29.8 Å². The molecular formula is C16H12FN3OS2. The van der Waals surface area contributed by atoms with E-state index in [2.05, 4.69) is 15.5 Å². The maximum absolute atomic E-state index is 13.0. The molecule has 0 aliphatic rings. The number of benzene rings is 2. The number of aromatic nitrogens is 2. The van der Waals surface area contributed by atoms with Crippen LogP contribution in [0.15, 0.2) is 64.4 Å². The van der Waals surface area contributed by atoms with Crippen molar-refractivity contribution in [2.45, 2.75) is 9.59 Å². The number of hydrogen-bond donors (Lipinski definition) is 1. The normalized spacial score (nSPS) is 11.9. The van der Waals surface area contributed by atoms with E-state index in [1.165, 1.54) is 47.4 Å². The van der Waals surface area contributed by atoms with E-state index in [0.717, 1.165) is 5.56 Å². The minimum Gasteiger partial charge on any atom is -0.325 e. The van der Waals surface area contributed by atoms with Gasteiger partial charge in [0.15, 0.2) is 4.34 Å². The Balaban J connectivity index is 1.82. The van der Waals surface area contributed by atoms with Crippen molar-refractivity contribution < 1.29 is 9.18 Å². The average molecular weight is 345 g/mol. The van der Waals surface area contributed by atoms with Gasteiger partial charge in [0.2, 0.25) is 5.91 Å². The molecule has 1 heterocycles. The molecule has 116 valence electrons. The molecule has 0 aliphatic carbocycles. The maximum atomic E-state index is 13.0. The Morgan fingerprint density at radius 2 is 1.87 bits per heavy atom. The van der Waals surface area contributed by atoms with Crippen molar-refractivity contribution in [3.8, 4) is 0 Å². The summed E-state index contributed by atoms with van der Waals surface area (Å²) in [5, 5.41) is 10.1. The van der Waals surface area contributed by atoms with Crippen molar-refractivity contribution in [2.75, 3.05) is 5.32 Å². The summed E-state index contributed by atoms with van der Waals surface area (Å²) in [6, 6.07) is 15.1. The third-order valence-electron chi connectivity index (χ3n) is 3.01. The molecular weight excluding hydrogens is 333 g/mol. The van der Waals surface area contributed by atoms with Crippen LogP contribution in [0.1, 0.15) is 10.8 Å². The van der Waals surface area contributed by atoms with Crippen LogP contribution in [0.4, 0.5) is 10.1 Å². The van der Waals surface area contributed by atoms with Crippen LogP contribution in [0.5, 0.6) is 0 Å². The molecule has 1 atom stereocenters. The van der Waals surface area contributed by atoms with Crippen LogP contribution in [-0.4, -0.2) is 16.1 Å². The number of amides is 1. The van der Waals surface area contributed by atoms with E-state index in [9.17, 15) is 9.18 Å². The molecule has 0 radical (unpaired) electrons. The Hall–Kier alpha value is -2.25. The van der Waals surface area contributed by atoms with Gasteiger partial charge in [0.25, 0.3) is 0 Å². The first-order valence-corrected chi connectivity index (χ1v) is 8.52. The third kappa shape index (κ3) is 4.14. The van der Waals surface area contributed by atoms with E-state index in [4.69, 9.17) is 0 Å². The van der Waals surface area contributed by atoms with Gasteiger partial charge >= 0.3 is 0 Å². The van der Waals surface area contributed by atoms with E-state index < -0.39 is 5.25 Å². The van der Waals surface area contributed by atoms with Crippen molar-refractivity contribution in [3.63, 3.8) is 0 Å². The smallest absolute Gasteiger partial charge is 0.242 e. The summed E-state index contributed by atoms with van der Waals surface area (Å²) >= 11 is 2.72. The number of halogens is 1. The molecule has 1 N–H and O–H groups in total. The molecule has 7 heteroatoms. The average Bonchev–Trinajstić information content (AvgIpc) is 3.09. The fraction of sp³-hybridized carbons (Fsp3) is 0.0625. The summed E-state index contributed by atoms with van der Waals surface area (Å²) in [4.78, 5) is 12.7. The molecule has 0 bridgehead atoms. The Labute approximate surface area is 140 Å². The number of carbonyl (C=O) groups is 1.